The Morgan fingerprint density at radius 1 is 1.26 bits per heavy atom. The monoisotopic (exact) mass is 372 g/mol. The average molecular weight is 372 g/mol. The van der Waals surface area contributed by atoms with Gasteiger partial charge in [0.25, 0.3) is 5.56 Å². The van der Waals surface area contributed by atoms with Gasteiger partial charge in [0, 0.05) is 18.7 Å². The number of halogens is 1. The molecule has 0 radical (unpaired) electrons. The van der Waals surface area contributed by atoms with Gasteiger partial charge in [0.15, 0.2) is 11.6 Å². The molecule has 0 aliphatic carbocycles. The highest BCUT2D eigenvalue weighted by Crippen LogP contribution is 2.33. The number of benzene rings is 1. The molecule has 6 nitrogen and oxygen atoms in total. The van der Waals surface area contributed by atoms with Crippen LogP contribution in [-0.4, -0.2) is 41.8 Å². The van der Waals surface area contributed by atoms with Crippen molar-refractivity contribution >= 4 is 5.69 Å². The lowest BCUT2D eigenvalue weighted by atomic mass is 9.98. The number of H-pyrrole nitrogens is 1. The number of aromatic amines is 1. The number of piperidine rings is 1. The van der Waals surface area contributed by atoms with Crippen LogP contribution in [0.2, 0.25) is 0 Å². The third kappa shape index (κ3) is 3.69. The third-order valence-electron chi connectivity index (χ3n) is 5.71. The molecule has 144 valence electrons. The first-order valence-corrected chi connectivity index (χ1v) is 9.43. The zero-order valence-electron chi connectivity index (χ0n) is 15.8. The van der Waals surface area contributed by atoms with Crippen LogP contribution in [0.1, 0.15) is 29.5 Å². The second kappa shape index (κ2) is 7.31. The highest BCUT2D eigenvalue weighted by molar-refractivity contribution is 5.55. The van der Waals surface area contributed by atoms with Crippen LogP contribution in [0.4, 0.5) is 10.1 Å². The second-order valence-corrected chi connectivity index (χ2v) is 7.67. The minimum atomic E-state index is -0.315. The summed E-state index contributed by atoms with van der Waals surface area (Å²) in [7, 11) is 2.13. The first-order valence-electron chi connectivity index (χ1n) is 9.43. The molecule has 1 N–H and O–H groups in total. The highest BCUT2D eigenvalue weighted by Gasteiger charge is 2.24. The summed E-state index contributed by atoms with van der Waals surface area (Å²) < 4.78 is 20.4. The maximum atomic E-state index is 14.5. The molecule has 2 aliphatic rings. The molecule has 1 aromatic carbocycles. The maximum absolute atomic E-state index is 14.5. The van der Waals surface area contributed by atoms with Gasteiger partial charge in [0.1, 0.15) is 0 Å². The summed E-state index contributed by atoms with van der Waals surface area (Å²) in [5.41, 5.74) is 3.17. The predicted octanol–water partition coefficient (Wildman–Crippen LogP) is 2.46. The quantitative estimate of drug-likeness (QED) is 0.893. The predicted molar refractivity (Wildman–Crippen MR) is 102 cm³/mol. The molecule has 0 saturated carbocycles. The smallest absolute Gasteiger partial charge is 0.269 e. The molecule has 0 amide bonds. The minimum Gasteiger partial charge on any atom is -0.490 e. The summed E-state index contributed by atoms with van der Waals surface area (Å²) in [6, 6.07) is 3.38. The van der Waals surface area contributed by atoms with E-state index < -0.39 is 0 Å². The van der Waals surface area contributed by atoms with E-state index in [4.69, 9.17) is 4.74 Å². The molecule has 1 aromatic heterocycles. The van der Waals surface area contributed by atoms with Crippen molar-refractivity contribution < 1.29 is 9.13 Å². The van der Waals surface area contributed by atoms with Crippen molar-refractivity contribution in [2.75, 3.05) is 31.6 Å². The fourth-order valence-electron chi connectivity index (χ4n) is 3.88. The van der Waals surface area contributed by atoms with Gasteiger partial charge in [-0.2, -0.15) is 5.10 Å². The fraction of sp³-hybridized carbons (Fsp3) is 0.500. The Morgan fingerprint density at radius 2 is 1.96 bits per heavy atom. The van der Waals surface area contributed by atoms with Crippen LogP contribution in [0.5, 0.6) is 5.75 Å². The van der Waals surface area contributed by atoms with Crippen molar-refractivity contribution in [2.45, 2.75) is 32.9 Å². The van der Waals surface area contributed by atoms with Crippen LogP contribution in [0.3, 0.4) is 0 Å². The Labute approximate surface area is 157 Å². The van der Waals surface area contributed by atoms with Gasteiger partial charge in [-0.05, 0) is 69.1 Å². The molecule has 1 saturated heterocycles. The highest BCUT2D eigenvalue weighted by atomic mass is 19.1. The number of anilines is 1. The molecular formula is C20H25FN4O2. The van der Waals surface area contributed by atoms with Crippen molar-refractivity contribution in [3.63, 3.8) is 0 Å². The van der Waals surface area contributed by atoms with E-state index in [0.29, 0.717) is 36.9 Å². The second-order valence-electron chi connectivity index (χ2n) is 7.67. The van der Waals surface area contributed by atoms with Crippen LogP contribution in [0, 0.1) is 18.7 Å². The number of nitrogens with one attached hydrogen (secondary N) is 1. The van der Waals surface area contributed by atoms with Crippen molar-refractivity contribution in [3.8, 4) is 5.75 Å². The molecule has 2 aliphatic heterocycles. The van der Waals surface area contributed by atoms with E-state index in [-0.39, 0.29) is 11.4 Å². The first kappa shape index (κ1) is 18.0. The summed E-state index contributed by atoms with van der Waals surface area (Å²) in [6.07, 6.45) is 3.83. The Kier molecular flexibility index (Phi) is 4.86. The Balaban J connectivity index is 1.47. The molecule has 0 atom stereocenters. The van der Waals surface area contributed by atoms with Gasteiger partial charge < -0.3 is 14.5 Å². The van der Waals surface area contributed by atoms with Crippen molar-refractivity contribution in [3.05, 3.63) is 51.2 Å². The molecule has 3 heterocycles. The van der Waals surface area contributed by atoms with Gasteiger partial charge in [-0.3, -0.25) is 4.79 Å². The first-order chi connectivity index (χ1) is 13.0. The molecule has 1 fully saturated rings. The zero-order valence-corrected chi connectivity index (χ0v) is 15.8. The van der Waals surface area contributed by atoms with Crippen molar-refractivity contribution in [1.29, 1.82) is 0 Å². The molecule has 0 bridgehead atoms. The van der Waals surface area contributed by atoms with E-state index in [1.54, 1.807) is 19.2 Å². The molecule has 2 aromatic rings. The topological polar surface area (TPSA) is 61.5 Å². The van der Waals surface area contributed by atoms with Crippen LogP contribution in [0.15, 0.2) is 23.1 Å². The molecule has 7 heteroatoms. The van der Waals surface area contributed by atoms with Gasteiger partial charge in [0.2, 0.25) is 0 Å². The van der Waals surface area contributed by atoms with Crippen LogP contribution in [-0.2, 0) is 13.1 Å². The number of nitrogens with zero attached hydrogens (tertiary/aromatic N) is 3. The Morgan fingerprint density at radius 3 is 2.70 bits per heavy atom. The van der Waals surface area contributed by atoms with Crippen LogP contribution in [0.25, 0.3) is 0 Å². The Bertz CT molecular complexity index is 890. The lowest BCUT2D eigenvalue weighted by Gasteiger charge is -2.28. The fourth-order valence-corrected chi connectivity index (χ4v) is 3.88. The number of rotatable bonds is 4. The molecule has 4 rings (SSSR count). The van der Waals surface area contributed by atoms with E-state index in [1.807, 2.05) is 11.0 Å². The lowest BCUT2D eigenvalue weighted by molar-refractivity contribution is 0.157. The van der Waals surface area contributed by atoms with Gasteiger partial charge >= 0.3 is 0 Å². The van der Waals surface area contributed by atoms with Gasteiger partial charge in [-0.15, -0.1) is 0 Å². The summed E-state index contributed by atoms with van der Waals surface area (Å²) in [5, 5.41) is 6.33. The molecule has 0 spiro atoms. The number of hydrogen-bond acceptors (Lipinski definition) is 5. The number of fused-ring (bicyclic) bond motifs is 1. The Hall–Kier alpha value is -2.41. The van der Waals surface area contributed by atoms with Crippen molar-refractivity contribution in [2.24, 2.45) is 5.92 Å². The summed E-state index contributed by atoms with van der Waals surface area (Å²) >= 11 is 0. The van der Waals surface area contributed by atoms with Gasteiger partial charge in [0.05, 0.1) is 18.5 Å². The maximum Gasteiger partial charge on any atom is 0.269 e. The van der Waals surface area contributed by atoms with Gasteiger partial charge in [-0.25, -0.2) is 9.49 Å². The summed E-state index contributed by atoms with van der Waals surface area (Å²) in [4.78, 5) is 16.2. The average Bonchev–Trinajstić information content (AvgIpc) is 3.05. The summed E-state index contributed by atoms with van der Waals surface area (Å²) in [6.45, 7) is 5.65. The molecule has 0 unspecified atom stereocenters. The van der Waals surface area contributed by atoms with Crippen LogP contribution >= 0.6 is 0 Å². The van der Waals surface area contributed by atoms with Crippen molar-refractivity contribution in [1.82, 2.24) is 15.1 Å². The SMILES string of the molecule is Cc1c(N2Cc3cc(F)c(OCC4CCN(C)CC4)cc3C2)cn[nH]c1=O. The molecular weight excluding hydrogens is 347 g/mol. The van der Waals surface area contributed by atoms with Gasteiger partial charge in [-0.1, -0.05) is 0 Å². The standard InChI is InChI=1S/C20H25FN4O2/c1-13-18(9-22-23-20(13)26)25-10-15-7-17(21)19(8-16(15)11-25)27-12-14-3-5-24(2)6-4-14/h7-9,14H,3-6,10-12H2,1-2H3,(H,23,26). The van der Waals surface area contributed by atoms with E-state index in [1.165, 1.54) is 0 Å². The van der Waals surface area contributed by atoms with E-state index in [0.717, 1.165) is 42.7 Å². The lowest BCUT2D eigenvalue weighted by Crippen LogP contribution is -2.32. The zero-order chi connectivity index (χ0) is 19.0. The normalized spacial score (nSPS) is 18.0. The number of hydrogen-bond donors (Lipinski definition) is 1. The van der Waals surface area contributed by atoms with Crippen LogP contribution < -0.4 is 15.2 Å². The summed E-state index contributed by atoms with van der Waals surface area (Å²) in [5.74, 6) is 0.495. The number of ether oxygens (including phenoxy) is 1. The minimum absolute atomic E-state index is 0.197. The van der Waals surface area contributed by atoms with E-state index in [9.17, 15) is 9.18 Å². The van der Waals surface area contributed by atoms with E-state index >= 15 is 0 Å². The number of aromatic nitrogens is 2. The van der Waals surface area contributed by atoms with E-state index in [2.05, 4.69) is 22.1 Å². The largest absolute Gasteiger partial charge is 0.490 e. The number of likely N-dealkylation sites (tertiary alicyclic amines) is 1. The molecule has 27 heavy (non-hydrogen) atoms. The third-order valence-corrected chi connectivity index (χ3v) is 5.71.